The number of carbonyl (C=O) groups is 2. The first kappa shape index (κ1) is 19.9. The molecule has 0 saturated carbocycles. The van der Waals surface area contributed by atoms with Gasteiger partial charge in [-0.15, -0.1) is 0 Å². The van der Waals surface area contributed by atoms with E-state index in [-0.39, 0.29) is 23.9 Å². The first-order valence-corrected chi connectivity index (χ1v) is 9.89. The topological polar surface area (TPSA) is 74.3 Å². The highest BCUT2D eigenvalue weighted by Gasteiger charge is 2.27. The van der Waals surface area contributed by atoms with E-state index in [0.717, 1.165) is 11.3 Å². The number of nitrogens with one attached hydrogen (secondary N) is 2. The van der Waals surface area contributed by atoms with Gasteiger partial charge in [-0.3, -0.25) is 9.78 Å². The van der Waals surface area contributed by atoms with Crippen molar-refractivity contribution in [2.75, 3.05) is 13.1 Å². The van der Waals surface area contributed by atoms with Crippen molar-refractivity contribution in [2.24, 2.45) is 5.92 Å². The Kier molecular flexibility index (Phi) is 7.00. The van der Waals surface area contributed by atoms with Crippen LogP contribution < -0.4 is 10.6 Å². The summed E-state index contributed by atoms with van der Waals surface area (Å²) < 4.78 is 0. The van der Waals surface area contributed by atoms with Crippen molar-refractivity contribution < 1.29 is 9.59 Å². The Balaban J connectivity index is 1.39. The van der Waals surface area contributed by atoms with Gasteiger partial charge in [-0.05, 0) is 37.5 Å². The van der Waals surface area contributed by atoms with Crippen LogP contribution in [0.5, 0.6) is 0 Å². The van der Waals surface area contributed by atoms with E-state index in [4.69, 9.17) is 0 Å². The van der Waals surface area contributed by atoms with Crippen LogP contribution in [0.2, 0.25) is 0 Å². The first-order valence-electron chi connectivity index (χ1n) is 9.89. The maximum Gasteiger partial charge on any atom is 0.317 e. The number of likely N-dealkylation sites (tertiary alicyclic amines) is 1. The molecular formula is C22H28N4O2. The second-order valence-corrected chi connectivity index (χ2v) is 7.34. The number of carbonyl (C=O) groups excluding carboxylic acids is 2. The van der Waals surface area contributed by atoms with Crippen LogP contribution in [0.25, 0.3) is 0 Å². The summed E-state index contributed by atoms with van der Waals surface area (Å²) in [6.45, 7) is 3.74. The Morgan fingerprint density at radius 3 is 2.50 bits per heavy atom. The summed E-state index contributed by atoms with van der Waals surface area (Å²) in [7, 11) is 0. The molecule has 0 bridgehead atoms. The molecule has 1 unspecified atom stereocenters. The van der Waals surface area contributed by atoms with Crippen molar-refractivity contribution >= 4 is 11.9 Å². The zero-order valence-electron chi connectivity index (χ0n) is 16.3. The van der Waals surface area contributed by atoms with Crippen molar-refractivity contribution in [1.29, 1.82) is 0 Å². The molecule has 3 rings (SSSR count). The molecule has 1 fully saturated rings. The molecule has 28 heavy (non-hydrogen) atoms. The lowest BCUT2D eigenvalue weighted by atomic mass is 9.96. The van der Waals surface area contributed by atoms with Crippen LogP contribution in [-0.4, -0.2) is 41.0 Å². The molecule has 1 aliphatic rings. The Hall–Kier alpha value is -2.89. The van der Waals surface area contributed by atoms with Crippen LogP contribution in [0, 0.1) is 5.92 Å². The minimum atomic E-state index is -0.0634. The number of aromatic nitrogens is 1. The van der Waals surface area contributed by atoms with E-state index in [0.29, 0.717) is 38.9 Å². The van der Waals surface area contributed by atoms with Crippen LogP contribution in [-0.2, 0) is 17.8 Å². The molecule has 2 aromatic rings. The van der Waals surface area contributed by atoms with Gasteiger partial charge in [-0.25, -0.2) is 4.79 Å². The van der Waals surface area contributed by atoms with E-state index < -0.39 is 0 Å². The van der Waals surface area contributed by atoms with Crippen molar-refractivity contribution in [3.8, 4) is 0 Å². The summed E-state index contributed by atoms with van der Waals surface area (Å²) in [6, 6.07) is 15.6. The average Bonchev–Trinajstić information content (AvgIpc) is 2.73. The van der Waals surface area contributed by atoms with E-state index in [9.17, 15) is 9.59 Å². The van der Waals surface area contributed by atoms with Gasteiger partial charge in [0, 0.05) is 49.9 Å². The minimum absolute atomic E-state index is 0.00861. The zero-order chi connectivity index (χ0) is 19.8. The number of nitrogens with zero attached hydrogens (tertiary/aromatic N) is 2. The summed E-state index contributed by atoms with van der Waals surface area (Å²) in [6.07, 6.45) is 3.85. The van der Waals surface area contributed by atoms with Crippen LogP contribution in [0.4, 0.5) is 4.79 Å². The molecule has 148 valence electrons. The molecule has 1 saturated heterocycles. The number of pyridine rings is 1. The lowest BCUT2D eigenvalue weighted by Crippen LogP contribution is -2.49. The van der Waals surface area contributed by atoms with E-state index in [1.807, 2.05) is 55.5 Å². The lowest BCUT2D eigenvalue weighted by molar-refractivity contribution is -0.126. The molecule has 0 spiro atoms. The number of benzene rings is 1. The Morgan fingerprint density at radius 2 is 1.82 bits per heavy atom. The largest absolute Gasteiger partial charge is 0.352 e. The smallest absolute Gasteiger partial charge is 0.317 e. The third kappa shape index (κ3) is 5.81. The van der Waals surface area contributed by atoms with E-state index in [2.05, 4.69) is 15.6 Å². The zero-order valence-corrected chi connectivity index (χ0v) is 16.3. The third-order valence-electron chi connectivity index (χ3n) is 5.07. The van der Waals surface area contributed by atoms with Crippen molar-refractivity contribution in [3.63, 3.8) is 0 Å². The lowest BCUT2D eigenvalue weighted by Gasteiger charge is -2.32. The normalized spacial score (nSPS) is 15.7. The fraction of sp³-hybridized carbons (Fsp3) is 0.409. The van der Waals surface area contributed by atoms with Gasteiger partial charge in [0.1, 0.15) is 0 Å². The van der Waals surface area contributed by atoms with Crippen molar-refractivity contribution in [1.82, 2.24) is 20.5 Å². The SMILES string of the molecule is CC(Cc1ccccn1)NC(=O)N1CCC(C(=O)NCc2ccccc2)CC1. The molecule has 2 heterocycles. The average molecular weight is 380 g/mol. The summed E-state index contributed by atoms with van der Waals surface area (Å²) in [5.41, 5.74) is 2.05. The molecule has 6 heteroatoms. The number of piperidine rings is 1. The van der Waals surface area contributed by atoms with Gasteiger partial charge in [0.25, 0.3) is 0 Å². The minimum Gasteiger partial charge on any atom is -0.352 e. The van der Waals surface area contributed by atoms with Gasteiger partial charge in [0.2, 0.25) is 5.91 Å². The van der Waals surface area contributed by atoms with Crippen LogP contribution in [0.3, 0.4) is 0 Å². The highest BCUT2D eigenvalue weighted by Crippen LogP contribution is 2.18. The second-order valence-electron chi connectivity index (χ2n) is 7.34. The van der Waals surface area contributed by atoms with Gasteiger partial charge in [-0.2, -0.15) is 0 Å². The van der Waals surface area contributed by atoms with E-state index >= 15 is 0 Å². The summed E-state index contributed by atoms with van der Waals surface area (Å²) in [4.78, 5) is 31.0. The molecule has 0 aliphatic carbocycles. The Bertz CT molecular complexity index is 759. The molecule has 1 aliphatic heterocycles. The summed E-state index contributed by atoms with van der Waals surface area (Å²) in [5, 5.41) is 6.04. The molecule has 0 radical (unpaired) electrons. The predicted molar refractivity (Wildman–Crippen MR) is 109 cm³/mol. The van der Waals surface area contributed by atoms with E-state index in [1.54, 1.807) is 11.1 Å². The van der Waals surface area contributed by atoms with Crippen molar-refractivity contribution in [3.05, 3.63) is 66.0 Å². The van der Waals surface area contributed by atoms with Gasteiger partial charge in [-0.1, -0.05) is 36.4 Å². The summed E-state index contributed by atoms with van der Waals surface area (Å²) in [5.74, 6) is 0.0473. The maximum atomic E-state index is 12.5. The Labute approximate surface area is 166 Å². The molecule has 6 nitrogen and oxygen atoms in total. The molecule has 1 atom stereocenters. The van der Waals surface area contributed by atoms with Gasteiger partial charge in [0.05, 0.1) is 0 Å². The van der Waals surface area contributed by atoms with Gasteiger partial charge >= 0.3 is 6.03 Å². The monoisotopic (exact) mass is 380 g/mol. The molecule has 1 aromatic heterocycles. The Morgan fingerprint density at radius 1 is 1.11 bits per heavy atom. The first-order chi connectivity index (χ1) is 13.6. The highest BCUT2D eigenvalue weighted by molar-refractivity contribution is 5.79. The fourth-order valence-corrected chi connectivity index (χ4v) is 3.46. The van der Waals surface area contributed by atoms with Crippen LogP contribution in [0.15, 0.2) is 54.7 Å². The number of urea groups is 1. The van der Waals surface area contributed by atoms with Crippen LogP contribution in [0.1, 0.15) is 31.0 Å². The predicted octanol–water partition coefficient (Wildman–Crippen LogP) is 2.75. The molecule has 1 aromatic carbocycles. The van der Waals surface area contributed by atoms with Gasteiger partial charge in [0.15, 0.2) is 0 Å². The number of hydrogen-bond donors (Lipinski definition) is 2. The van der Waals surface area contributed by atoms with Crippen molar-refractivity contribution in [2.45, 2.75) is 38.8 Å². The highest BCUT2D eigenvalue weighted by atomic mass is 16.2. The molecule has 2 N–H and O–H groups in total. The van der Waals surface area contributed by atoms with Crippen LogP contribution >= 0.6 is 0 Å². The number of amides is 3. The quantitative estimate of drug-likeness (QED) is 0.809. The van der Waals surface area contributed by atoms with E-state index in [1.165, 1.54) is 0 Å². The second kappa shape index (κ2) is 9.88. The standard InChI is InChI=1S/C22H28N4O2/c1-17(15-20-9-5-6-12-23-20)25-22(28)26-13-10-19(11-14-26)21(27)24-16-18-7-3-2-4-8-18/h2-9,12,17,19H,10-11,13-16H2,1H3,(H,24,27)(H,25,28). The number of rotatable bonds is 6. The molecular weight excluding hydrogens is 352 g/mol. The summed E-state index contributed by atoms with van der Waals surface area (Å²) >= 11 is 0. The van der Waals surface area contributed by atoms with Gasteiger partial charge < -0.3 is 15.5 Å². The molecule has 3 amide bonds. The fourth-order valence-electron chi connectivity index (χ4n) is 3.46. The maximum absolute atomic E-state index is 12.5. The number of hydrogen-bond acceptors (Lipinski definition) is 3. The third-order valence-corrected chi connectivity index (χ3v) is 5.07.